The van der Waals surface area contributed by atoms with E-state index in [4.69, 9.17) is 0 Å². The maximum absolute atomic E-state index is 3.08. The van der Waals surface area contributed by atoms with Gasteiger partial charge < -0.3 is 24.8 Å². The summed E-state index contributed by atoms with van der Waals surface area (Å²) < 4.78 is 5.09. The van der Waals surface area contributed by atoms with Gasteiger partial charge in [0.25, 0.3) is 0 Å². The van der Waals surface area contributed by atoms with E-state index in [1.54, 1.807) is 26.5 Å². The van der Waals surface area contributed by atoms with Crippen LogP contribution in [-0.2, 0) is 49.3 Å². The zero-order valence-corrected chi connectivity index (χ0v) is 42.3. The van der Waals surface area contributed by atoms with Crippen molar-refractivity contribution < 1.29 is 46.1 Å². The van der Waals surface area contributed by atoms with Gasteiger partial charge in [0.1, 0.15) is 0 Å². The Hall–Kier alpha value is -2.31. The summed E-state index contributed by atoms with van der Waals surface area (Å²) >= 11 is -3.08. The molecule has 0 bridgehead atoms. The van der Waals surface area contributed by atoms with E-state index in [-0.39, 0.29) is 51.9 Å². The van der Waals surface area contributed by atoms with Crippen LogP contribution in [0.2, 0.25) is 0 Å². The van der Waals surface area contributed by atoms with Gasteiger partial charge in [-0.05, 0) is 0 Å². The molecule has 0 radical (unpaired) electrons. The Morgan fingerprint density at radius 2 is 0.982 bits per heavy atom. The Balaban J connectivity index is 0.00000360. The molecule has 304 valence electrons. The maximum Gasteiger partial charge on any atom is -1.00 e. The zero-order valence-electron chi connectivity index (χ0n) is 38.3. The molecule has 3 heteroatoms. The summed E-state index contributed by atoms with van der Waals surface area (Å²) in [6.45, 7) is 40.5. The van der Waals surface area contributed by atoms with Crippen molar-refractivity contribution in [3.05, 3.63) is 144 Å². The van der Waals surface area contributed by atoms with Crippen LogP contribution in [0.5, 0.6) is 0 Å². The topological polar surface area (TPSA) is 0 Å². The first kappa shape index (κ1) is 47.4. The van der Waals surface area contributed by atoms with Crippen LogP contribution in [0.4, 0.5) is 0 Å². The van der Waals surface area contributed by atoms with Crippen LogP contribution < -0.4 is 28.1 Å². The molecule has 0 saturated carbocycles. The molecule has 4 aromatic rings. The first-order chi connectivity index (χ1) is 25.3. The molecule has 0 N–H and O–H groups in total. The Morgan fingerprint density at radius 3 is 1.40 bits per heavy atom. The number of fused-ring (bicyclic) bond motifs is 3. The van der Waals surface area contributed by atoms with E-state index in [0.717, 1.165) is 12.8 Å². The van der Waals surface area contributed by atoms with Gasteiger partial charge in [-0.1, -0.05) is 0 Å². The molecule has 57 heavy (non-hydrogen) atoms. The second-order valence-corrected chi connectivity index (χ2v) is 27.6. The van der Waals surface area contributed by atoms with Crippen molar-refractivity contribution in [2.45, 2.75) is 152 Å². The Kier molecular flexibility index (Phi) is 13.8. The monoisotopic (exact) mass is 878 g/mol. The third kappa shape index (κ3) is 9.53. The van der Waals surface area contributed by atoms with Crippen molar-refractivity contribution >= 4 is 6.48 Å². The SMILES string of the molecule is CCC1=[C]([Zr+2](=[C](c2ccc(C(C)(C)C)cc2)c2ccc(C(C)(C)C)cc2)[c]2cc(C(C)(C)C)cc3c2Cc2ccc(C(C)(C)C)cc2-3)C(C)C=C1C(C)(C)C.[Cl-].[Cl-]. The van der Waals surface area contributed by atoms with E-state index in [0.29, 0.717) is 5.92 Å². The first-order valence-corrected chi connectivity index (χ1v) is 24.7. The van der Waals surface area contributed by atoms with Crippen molar-refractivity contribution in [3.8, 4) is 11.1 Å². The number of hydrogen-bond donors (Lipinski definition) is 0. The van der Waals surface area contributed by atoms with E-state index in [1.165, 1.54) is 50.1 Å². The summed E-state index contributed by atoms with van der Waals surface area (Å²) in [5.41, 5.74) is 18.1. The average molecular weight is 881 g/mol. The number of allylic oxidation sites excluding steroid dienone is 4. The van der Waals surface area contributed by atoms with Gasteiger partial charge in [-0.2, -0.15) is 0 Å². The molecule has 2 aliphatic rings. The fourth-order valence-corrected chi connectivity index (χ4v) is 18.0. The summed E-state index contributed by atoms with van der Waals surface area (Å²) in [6.07, 6.45) is 4.75. The quantitative estimate of drug-likeness (QED) is 0.167. The molecule has 6 rings (SSSR count). The van der Waals surface area contributed by atoms with Gasteiger partial charge in [0.2, 0.25) is 0 Å². The first-order valence-electron chi connectivity index (χ1n) is 21.0. The Labute approximate surface area is 368 Å². The molecule has 4 aromatic carbocycles. The molecule has 1 unspecified atom stereocenters. The molecule has 0 heterocycles. The summed E-state index contributed by atoms with van der Waals surface area (Å²) in [4.78, 5) is 0. The standard InChI is InChI=1S/C21H25.C21H26.C12H19.2ClH.Zr/c1-20(2,3)16-9-7-14-11-15-8-10-17(21(4,5)6)13-19(15)18(14)12-16;1-20(2,3)18-11-7-16(8-12-18)15-17-9-13-19(14-10-17)21(4,5)6;1-6-10-7-9(2)8-11(10)12(3,4)5;;;/h7,9-10,12-13H,11H2,1-6H3;7-14H,1-6H3;8-9H,6H2,1-5H3;2*1H;/q;;;;;+2/p-2. The molecule has 0 nitrogen and oxygen atoms in total. The van der Waals surface area contributed by atoms with Crippen LogP contribution >= 0.6 is 0 Å². The predicted octanol–water partition coefficient (Wildman–Crippen LogP) is 8.25. The molecular weight excluding hydrogens is 811 g/mol. The number of halogens is 2. The fourth-order valence-electron chi connectivity index (χ4n) is 8.86. The molecular formula is C54H70Cl2Zr. The maximum atomic E-state index is 2.72. The van der Waals surface area contributed by atoms with E-state index < -0.39 is 21.3 Å². The van der Waals surface area contributed by atoms with E-state index >= 15 is 0 Å². The number of hydrogen-bond acceptors (Lipinski definition) is 0. The molecule has 0 aromatic heterocycles. The van der Waals surface area contributed by atoms with Gasteiger partial charge in [-0.3, -0.25) is 0 Å². The van der Waals surface area contributed by atoms with Crippen LogP contribution in [0, 0.1) is 11.3 Å². The van der Waals surface area contributed by atoms with Crippen molar-refractivity contribution in [2.75, 3.05) is 0 Å². The summed E-state index contributed by atoms with van der Waals surface area (Å²) in [7, 11) is 0. The molecule has 1 atom stereocenters. The van der Waals surface area contributed by atoms with Crippen molar-refractivity contribution in [1.29, 1.82) is 0 Å². The summed E-state index contributed by atoms with van der Waals surface area (Å²) in [5, 5.41) is 0. The molecule has 0 amide bonds. The van der Waals surface area contributed by atoms with E-state index in [2.05, 4.69) is 203 Å². The smallest absolute Gasteiger partial charge is 1.00 e. The van der Waals surface area contributed by atoms with Crippen molar-refractivity contribution in [3.63, 3.8) is 0 Å². The van der Waals surface area contributed by atoms with Gasteiger partial charge in [0.15, 0.2) is 0 Å². The van der Waals surface area contributed by atoms with Crippen LogP contribution in [0.3, 0.4) is 0 Å². The van der Waals surface area contributed by atoms with Crippen LogP contribution in [0.15, 0.2) is 99.4 Å². The third-order valence-corrected chi connectivity index (χ3v) is 20.6. The van der Waals surface area contributed by atoms with Crippen LogP contribution in [0.1, 0.15) is 169 Å². The normalized spacial score (nSPS) is 15.6. The number of benzene rings is 4. The molecule has 0 spiro atoms. The number of rotatable bonds is 5. The summed E-state index contributed by atoms with van der Waals surface area (Å²) in [5.74, 6) is 0.404. The Morgan fingerprint density at radius 1 is 0.544 bits per heavy atom. The van der Waals surface area contributed by atoms with E-state index in [1.807, 2.05) is 0 Å². The average Bonchev–Trinajstić information content (AvgIpc) is 3.62. The largest absolute Gasteiger partial charge is 1.00 e. The second-order valence-electron chi connectivity index (χ2n) is 21.9. The minimum atomic E-state index is -3.08. The van der Waals surface area contributed by atoms with Crippen LogP contribution in [-0.4, -0.2) is 3.21 Å². The zero-order chi connectivity index (χ0) is 40.6. The summed E-state index contributed by atoms with van der Waals surface area (Å²) in [6, 6.07) is 32.3. The minimum absolute atomic E-state index is 0. The predicted molar refractivity (Wildman–Crippen MR) is 239 cm³/mol. The Bertz CT molecular complexity index is 2150. The molecule has 0 aliphatic heterocycles. The van der Waals surface area contributed by atoms with Crippen molar-refractivity contribution in [2.24, 2.45) is 11.3 Å². The van der Waals surface area contributed by atoms with Gasteiger partial charge in [0.05, 0.1) is 0 Å². The van der Waals surface area contributed by atoms with Gasteiger partial charge in [-0.15, -0.1) is 0 Å². The van der Waals surface area contributed by atoms with E-state index in [9.17, 15) is 0 Å². The molecule has 0 fully saturated rings. The third-order valence-electron chi connectivity index (χ3n) is 12.3. The van der Waals surface area contributed by atoms with Crippen molar-refractivity contribution in [1.82, 2.24) is 0 Å². The van der Waals surface area contributed by atoms with Crippen LogP contribution in [0.25, 0.3) is 11.1 Å². The van der Waals surface area contributed by atoms with Gasteiger partial charge in [0, 0.05) is 0 Å². The minimum Gasteiger partial charge on any atom is -1.00 e. The van der Waals surface area contributed by atoms with Gasteiger partial charge >= 0.3 is 346 Å². The molecule has 0 saturated heterocycles. The molecule has 2 aliphatic carbocycles. The second kappa shape index (κ2) is 16.6. The van der Waals surface area contributed by atoms with Gasteiger partial charge in [-0.25, -0.2) is 0 Å². The fraction of sp³-hybridized carbons (Fsp3) is 0.463.